The molecule has 0 aliphatic carbocycles. The van der Waals surface area contributed by atoms with Gasteiger partial charge >= 0.3 is 6.01 Å². The van der Waals surface area contributed by atoms with Gasteiger partial charge in [0.05, 0.1) is 4.90 Å². The van der Waals surface area contributed by atoms with Crippen molar-refractivity contribution < 1.29 is 17.5 Å². The predicted molar refractivity (Wildman–Crippen MR) is 100 cm³/mol. The van der Waals surface area contributed by atoms with Crippen LogP contribution in [0.2, 0.25) is 0 Å². The van der Waals surface area contributed by atoms with Crippen molar-refractivity contribution in [1.29, 1.82) is 0 Å². The SMILES string of the molecule is CCC(F)=C(c1ccccc1Oc1ncccn1)S(=O)(=O)c1ccccc1. The number of sulfone groups is 1. The van der Waals surface area contributed by atoms with Gasteiger partial charge in [0.1, 0.15) is 16.5 Å². The van der Waals surface area contributed by atoms with E-state index in [1.165, 1.54) is 30.6 Å². The van der Waals surface area contributed by atoms with Crippen molar-refractivity contribution in [2.24, 2.45) is 0 Å². The standard InChI is InChI=1S/C20H17FN2O3S/c1-2-17(21)19(27(24,25)15-9-4-3-5-10-15)16-11-6-7-12-18(16)26-20-22-13-8-14-23-20/h3-14H,2H2,1H3. The number of allylic oxidation sites excluding steroid dienone is 1. The third kappa shape index (κ3) is 4.03. The second kappa shape index (κ2) is 8.09. The van der Waals surface area contributed by atoms with Gasteiger partial charge in [0.15, 0.2) is 0 Å². The molecule has 5 nitrogen and oxygen atoms in total. The molecular weight excluding hydrogens is 367 g/mol. The van der Waals surface area contributed by atoms with Gasteiger partial charge in [0.2, 0.25) is 9.84 Å². The van der Waals surface area contributed by atoms with Gasteiger partial charge in [-0.1, -0.05) is 37.3 Å². The Kier molecular flexibility index (Phi) is 5.61. The van der Waals surface area contributed by atoms with Crippen molar-refractivity contribution >= 4 is 14.7 Å². The van der Waals surface area contributed by atoms with Crippen LogP contribution in [0, 0.1) is 0 Å². The first kappa shape index (κ1) is 18.7. The lowest BCUT2D eigenvalue weighted by Gasteiger charge is -2.15. The van der Waals surface area contributed by atoms with Crippen LogP contribution in [-0.2, 0) is 9.84 Å². The molecule has 0 bridgehead atoms. The molecule has 0 saturated carbocycles. The normalized spacial score (nSPS) is 12.4. The van der Waals surface area contributed by atoms with Gasteiger partial charge in [-0.25, -0.2) is 22.8 Å². The Hall–Kier alpha value is -3.06. The third-order valence-electron chi connectivity index (χ3n) is 3.75. The summed E-state index contributed by atoms with van der Waals surface area (Å²) >= 11 is 0. The molecule has 27 heavy (non-hydrogen) atoms. The quantitative estimate of drug-likeness (QED) is 0.611. The number of aromatic nitrogens is 2. The van der Waals surface area contributed by atoms with E-state index in [2.05, 4.69) is 9.97 Å². The first-order valence-electron chi connectivity index (χ1n) is 8.27. The minimum Gasteiger partial charge on any atom is -0.424 e. The van der Waals surface area contributed by atoms with E-state index in [-0.39, 0.29) is 28.6 Å². The van der Waals surface area contributed by atoms with Crippen LogP contribution < -0.4 is 4.74 Å². The molecule has 0 unspecified atom stereocenters. The smallest absolute Gasteiger partial charge is 0.321 e. The van der Waals surface area contributed by atoms with E-state index in [1.807, 2.05) is 0 Å². The van der Waals surface area contributed by atoms with Crippen LogP contribution in [0.1, 0.15) is 18.9 Å². The van der Waals surface area contributed by atoms with Crippen molar-refractivity contribution in [1.82, 2.24) is 9.97 Å². The van der Waals surface area contributed by atoms with E-state index in [1.54, 1.807) is 49.4 Å². The highest BCUT2D eigenvalue weighted by Crippen LogP contribution is 2.38. The molecule has 0 aliphatic heterocycles. The highest BCUT2D eigenvalue weighted by molar-refractivity contribution is 8.00. The molecule has 0 aliphatic rings. The molecule has 0 amide bonds. The number of rotatable bonds is 6. The van der Waals surface area contributed by atoms with Gasteiger partial charge in [0.25, 0.3) is 0 Å². The molecule has 3 rings (SSSR count). The minimum atomic E-state index is -4.10. The Morgan fingerprint density at radius 2 is 1.59 bits per heavy atom. The van der Waals surface area contributed by atoms with E-state index < -0.39 is 20.6 Å². The Bertz CT molecular complexity index is 1050. The number of ether oxygens (including phenoxy) is 1. The zero-order valence-corrected chi connectivity index (χ0v) is 15.4. The van der Waals surface area contributed by atoms with E-state index >= 15 is 0 Å². The van der Waals surface area contributed by atoms with Crippen molar-refractivity contribution in [2.75, 3.05) is 0 Å². The fraction of sp³-hybridized carbons (Fsp3) is 0.100. The summed E-state index contributed by atoms with van der Waals surface area (Å²) in [4.78, 5) is 7.53. The molecule has 7 heteroatoms. The molecule has 138 valence electrons. The predicted octanol–water partition coefficient (Wildman–Crippen LogP) is 4.79. The fourth-order valence-corrected chi connectivity index (χ4v) is 4.14. The van der Waals surface area contributed by atoms with Crippen LogP contribution in [0.25, 0.3) is 4.91 Å². The van der Waals surface area contributed by atoms with Gasteiger partial charge in [-0.3, -0.25) is 0 Å². The number of benzene rings is 2. The minimum absolute atomic E-state index is 0.00867. The van der Waals surface area contributed by atoms with Crippen molar-refractivity contribution in [3.63, 3.8) is 0 Å². The lowest BCUT2D eigenvalue weighted by Crippen LogP contribution is -2.07. The molecule has 0 fully saturated rings. The van der Waals surface area contributed by atoms with Crippen LogP contribution in [0.5, 0.6) is 11.8 Å². The summed E-state index contributed by atoms with van der Waals surface area (Å²) in [5.41, 5.74) is 0.119. The van der Waals surface area contributed by atoms with Crippen molar-refractivity contribution in [3.05, 3.63) is 84.4 Å². The summed E-state index contributed by atoms with van der Waals surface area (Å²) in [6.45, 7) is 1.56. The molecule has 0 radical (unpaired) electrons. The van der Waals surface area contributed by atoms with Crippen LogP contribution >= 0.6 is 0 Å². The zero-order chi connectivity index (χ0) is 19.3. The molecule has 0 atom stereocenters. The first-order chi connectivity index (χ1) is 13.0. The molecule has 0 N–H and O–H groups in total. The Balaban J connectivity index is 2.17. The Labute approximate surface area is 157 Å². The number of halogens is 1. The average Bonchev–Trinajstić information content (AvgIpc) is 2.70. The number of nitrogens with zero attached hydrogens (tertiary/aromatic N) is 2. The molecule has 0 saturated heterocycles. The second-order valence-electron chi connectivity index (χ2n) is 5.53. The lowest BCUT2D eigenvalue weighted by atomic mass is 10.1. The summed E-state index contributed by atoms with van der Waals surface area (Å²) < 4.78 is 46.7. The van der Waals surface area contributed by atoms with Gasteiger partial charge in [0, 0.05) is 18.0 Å². The van der Waals surface area contributed by atoms with E-state index in [4.69, 9.17) is 4.74 Å². The Morgan fingerprint density at radius 1 is 0.963 bits per heavy atom. The van der Waals surface area contributed by atoms with E-state index in [0.717, 1.165) is 0 Å². The largest absolute Gasteiger partial charge is 0.424 e. The first-order valence-corrected chi connectivity index (χ1v) is 9.75. The summed E-state index contributed by atoms with van der Waals surface area (Å²) in [6, 6.07) is 15.8. The van der Waals surface area contributed by atoms with Crippen molar-refractivity contribution in [2.45, 2.75) is 18.2 Å². The van der Waals surface area contributed by atoms with Gasteiger partial charge < -0.3 is 4.74 Å². The summed E-state index contributed by atoms with van der Waals surface area (Å²) in [6.07, 6.45) is 2.92. The Morgan fingerprint density at radius 3 is 2.26 bits per heavy atom. The average molecular weight is 384 g/mol. The van der Waals surface area contributed by atoms with E-state index in [0.29, 0.717) is 0 Å². The molecule has 2 aromatic carbocycles. The maximum atomic E-state index is 14.8. The van der Waals surface area contributed by atoms with Gasteiger partial charge in [-0.05, 0) is 36.8 Å². The van der Waals surface area contributed by atoms with Gasteiger partial charge in [-0.2, -0.15) is 0 Å². The zero-order valence-electron chi connectivity index (χ0n) is 14.5. The molecule has 1 heterocycles. The number of hydrogen-bond donors (Lipinski definition) is 0. The summed E-state index contributed by atoms with van der Waals surface area (Å²) in [5.74, 6) is -0.592. The van der Waals surface area contributed by atoms with Crippen LogP contribution in [0.4, 0.5) is 4.39 Å². The number of para-hydroxylation sites is 1. The maximum Gasteiger partial charge on any atom is 0.321 e. The topological polar surface area (TPSA) is 69.2 Å². The van der Waals surface area contributed by atoms with Crippen LogP contribution in [-0.4, -0.2) is 18.4 Å². The van der Waals surface area contributed by atoms with E-state index in [9.17, 15) is 12.8 Å². The molecular formula is C20H17FN2O3S. The van der Waals surface area contributed by atoms with Crippen molar-refractivity contribution in [3.8, 4) is 11.8 Å². The summed E-state index contributed by atoms with van der Waals surface area (Å²) in [7, 11) is -4.10. The molecule has 1 aromatic heterocycles. The summed E-state index contributed by atoms with van der Waals surface area (Å²) in [5, 5.41) is 0. The van der Waals surface area contributed by atoms with Gasteiger partial charge in [-0.15, -0.1) is 0 Å². The van der Waals surface area contributed by atoms with Crippen LogP contribution in [0.15, 0.2) is 83.8 Å². The lowest BCUT2D eigenvalue weighted by molar-refractivity contribution is 0.440. The molecule has 3 aromatic rings. The third-order valence-corrected chi connectivity index (χ3v) is 5.63. The fourth-order valence-electron chi connectivity index (χ4n) is 2.49. The number of hydrogen-bond acceptors (Lipinski definition) is 5. The maximum absolute atomic E-state index is 14.8. The molecule has 0 spiro atoms. The highest BCUT2D eigenvalue weighted by Gasteiger charge is 2.28. The highest BCUT2D eigenvalue weighted by atomic mass is 32.2. The second-order valence-corrected chi connectivity index (χ2v) is 7.42. The monoisotopic (exact) mass is 384 g/mol. The van der Waals surface area contributed by atoms with Crippen LogP contribution in [0.3, 0.4) is 0 Å².